The smallest absolute Gasteiger partial charge is 0.326 e. The highest BCUT2D eigenvalue weighted by Crippen LogP contribution is 2.38. The van der Waals surface area contributed by atoms with Crippen LogP contribution in [0.3, 0.4) is 0 Å². The molecule has 0 atom stereocenters. The SMILES string of the molecule is NCc1sc(-c2ccc(F)c(Br)c2)nc1C(F)(F)F. The molecule has 2 nitrogen and oxygen atoms in total. The molecule has 0 amide bonds. The molecule has 0 aliphatic heterocycles. The lowest BCUT2D eigenvalue weighted by Gasteiger charge is -2.03. The Labute approximate surface area is 118 Å². The predicted octanol–water partition coefficient (Wildman–Crippen LogP) is 4.19. The van der Waals surface area contributed by atoms with Crippen molar-refractivity contribution in [3.05, 3.63) is 39.1 Å². The molecule has 0 saturated heterocycles. The van der Waals surface area contributed by atoms with Gasteiger partial charge in [-0.15, -0.1) is 11.3 Å². The summed E-state index contributed by atoms with van der Waals surface area (Å²) in [6.45, 7) is -0.241. The highest BCUT2D eigenvalue weighted by atomic mass is 79.9. The molecule has 0 saturated carbocycles. The Kier molecular flexibility index (Phi) is 3.93. The zero-order valence-electron chi connectivity index (χ0n) is 9.26. The van der Waals surface area contributed by atoms with Gasteiger partial charge in [0.25, 0.3) is 0 Å². The number of hydrogen-bond acceptors (Lipinski definition) is 3. The summed E-state index contributed by atoms with van der Waals surface area (Å²) in [5.41, 5.74) is 4.72. The van der Waals surface area contributed by atoms with E-state index in [9.17, 15) is 17.6 Å². The number of rotatable bonds is 2. The first-order chi connectivity index (χ1) is 8.82. The molecule has 0 aliphatic carbocycles. The maximum Gasteiger partial charge on any atom is 0.434 e. The van der Waals surface area contributed by atoms with Gasteiger partial charge in [-0.2, -0.15) is 13.2 Å². The summed E-state index contributed by atoms with van der Waals surface area (Å²) in [6.07, 6.45) is -4.54. The van der Waals surface area contributed by atoms with Gasteiger partial charge in [0.1, 0.15) is 10.8 Å². The first-order valence-corrected chi connectivity index (χ1v) is 6.66. The lowest BCUT2D eigenvalue weighted by atomic mass is 10.2. The van der Waals surface area contributed by atoms with E-state index in [1.807, 2.05) is 0 Å². The Morgan fingerprint density at radius 2 is 2.00 bits per heavy atom. The molecule has 1 heterocycles. The minimum atomic E-state index is -4.54. The lowest BCUT2D eigenvalue weighted by molar-refractivity contribution is -0.141. The van der Waals surface area contributed by atoms with Gasteiger partial charge < -0.3 is 5.73 Å². The molecule has 1 aromatic carbocycles. The van der Waals surface area contributed by atoms with Crippen molar-refractivity contribution in [2.75, 3.05) is 0 Å². The van der Waals surface area contributed by atoms with Gasteiger partial charge in [0.15, 0.2) is 5.69 Å². The Balaban J connectivity index is 2.51. The molecule has 0 unspecified atom stereocenters. The average molecular weight is 355 g/mol. The van der Waals surface area contributed by atoms with E-state index in [0.717, 1.165) is 17.4 Å². The standard InChI is InChI=1S/C11H7BrF4N2S/c12-6-3-5(1-2-7(6)13)10-18-9(11(14,15)16)8(4-17)19-10/h1-3H,4,17H2. The number of nitrogens with two attached hydrogens (primary N) is 1. The first kappa shape index (κ1) is 14.4. The molecule has 0 radical (unpaired) electrons. The summed E-state index contributed by atoms with van der Waals surface area (Å²) in [7, 11) is 0. The molecule has 0 aliphatic rings. The van der Waals surface area contributed by atoms with Crippen LogP contribution >= 0.6 is 27.3 Å². The topological polar surface area (TPSA) is 38.9 Å². The molecule has 2 N–H and O–H groups in total. The van der Waals surface area contributed by atoms with Gasteiger partial charge in [-0.3, -0.25) is 0 Å². The Morgan fingerprint density at radius 3 is 2.47 bits per heavy atom. The second-order valence-corrected chi connectivity index (χ2v) is 5.56. The van der Waals surface area contributed by atoms with Gasteiger partial charge >= 0.3 is 6.18 Å². The van der Waals surface area contributed by atoms with Crippen LogP contribution in [0.4, 0.5) is 17.6 Å². The van der Waals surface area contributed by atoms with Crippen molar-refractivity contribution in [1.82, 2.24) is 4.98 Å². The van der Waals surface area contributed by atoms with E-state index in [2.05, 4.69) is 20.9 Å². The number of benzene rings is 1. The van der Waals surface area contributed by atoms with E-state index in [1.54, 1.807) is 0 Å². The van der Waals surface area contributed by atoms with Gasteiger partial charge in [-0.1, -0.05) is 0 Å². The average Bonchev–Trinajstić information content (AvgIpc) is 2.76. The number of nitrogens with zero attached hydrogens (tertiary/aromatic N) is 1. The first-order valence-electron chi connectivity index (χ1n) is 5.05. The minimum absolute atomic E-state index is 0.0389. The van der Waals surface area contributed by atoms with Crippen LogP contribution in [-0.2, 0) is 12.7 Å². The van der Waals surface area contributed by atoms with E-state index in [4.69, 9.17) is 5.73 Å². The molecule has 2 rings (SSSR count). The third kappa shape index (κ3) is 2.96. The van der Waals surface area contributed by atoms with Gasteiger partial charge in [0.05, 0.1) is 9.35 Å². The van der Waals surface area contributed by atoms with E-state index >= 15 is 0 Å². The van der Waals surface area contributed by atoms with Gasteiger partial charge in [0, 0.05) is 12.1 Å². The molecular formula is C11H7BrF4N2S. The van der Waals surface area contributed by atoms with Crippen molar-refractivity contribution in [3.63, 3.8) is 0 Å². The molecule has 8 heteroatoms. The van der Waals surface area contributed by atoms with Crippen LogP contribution in [0.25, 0.3) is 10.6 Å². The zero-order valence-corrected chi connectivity index (χ0v) is 11.7. The van der Waals surface area contributed by atoms with Crippen LogP contribution in [0.2, 0.25) is 0 Å². The third-order valence-corrected chi connectivity index (χ3v) is 4.05. The molecule has 0 spiro atoms. The maximum atomic E-state index is 13.1. The Hall–Kier alpha value is -0.990. The van der Waals surface area contributed by atoms with Gasteiger partial charge in [-0.25, -0.2) is 9.37 Å². The van der Waals surface area contributed by atoms with Crippen LogP contribution in [0.15, 0.2) is 22.7 Å². The normalized spacial score (nSPS) is 11.9. The van der Waals surface area contributed by atoms with E-state index < -0.39 is 17.7 Å². The summed E-state index contributed by atoms with van der Waals surface area (Å²) >= 11 is 3.83. The fraction of sp³-hybridized carbons (Fsp3) is 0.182. The number of halogens is 5. The van der Waals surface area contributed by atoms with E-state index in [-0.39, 0.29) is 20.9 Å². The zero-order chi connectivity index (χ0) is 14.2. The molecule has 19 heavy (non-hydrogen) atoms. The summed E-state index contributed by atoms with van der Waals surface area (Å²) in [4.78, 5) is 3.52. The molecule has 0 bridgehead atoms. The summed E-state index contributed by atoms with van der Waals surface area (Å²) in [5, 5.41) is 0.161. The van der Waals surface area contributed by atoms with Crippen molar-refractivity contribution < 1.29 is 17.6 Å². The maximum absolute atomic E-state index is 13.1. The molecule has 0 fully saturated rings. The van der Waals surface area contributed by atoms with Gasteiger partial charge in [0.2, 0.25) is 0 Å². The van der Waals surface area contributed by atoms with Crippen molar-refractivity contribution in [2.24, 2.45) is 5.73 Å². The monoisotopic (exact) mass is 354 g/mol. The predicted molar refractivity (Wildman–Crippen MR) is 68.1 cm³/mol. The highest BCUT2D eigenvalue weighted by molar-refractivity contribution is 9.10. The van der Waals surface area contributed by atoms with Crippen LogP contribution in [0.5, 0.6) is 0 Å². The largest absolute Gasteiger partial charge is 0.434 e. The number of hydrogen-bond donors (Lipinski definition) is 1. The number of aromatic nitrogens is 1. The van der Waals surface area contributed by atoms with E-state index in [0.29, 0.717) is 5.56 Å². The lowest BCUT2D eigenvalue weighted by Crippen LogP contribution is -2.10. The molecule has 102 valence electrons. The second-order valence-electron chi connectivity index (χ2n) is 3.62. The highest BCUT2D eigenvalue weighted by Gasteiger charge is 2.37. The van der Waals surface area contributed by atoms with Crippen LogP contribution in [-0.4, -0.2) is 4.98 Å². The van der Waals surface area contributed by atoms with Crippen molar-refractivity contribution >= 4 is 27.3 Å². The number of thiazole rings is 1. The fourth-order valence-electron chi connectivity index (χ4n) is 1.46. The molecular weight excluding hydrogens is 348 g/mol. The van der Waals surface area contributed by atoms with Crippen molar-refractivity contribution in [1.29, 1.82) is 0 Å². The molecule has 1 aromatic heterocycles. The Bertz CT molecular complexity index is 609. The van der Waals surface area contributed by atoms with E-state index in [1.165, 1.54) is 12.1 Å². The molecule has 2 aromatic rings. The minimum Gasteiger partial charge on any atom is -0.326 e. The summed E-state index contributed by atoms with van der Waals surface area (Å²) in [5.74, 6) is -0.490. The Morgan fingerprint density at radius 1 is 1.32 bits per heavy atom. The van der Waals surface area contributed by atoms with Crippen LogP contribution in [0.1, 0.15) is 10.6 Å². The second kappa shape index (κ2) is 5.18. The number of alkyl halides is 3. The fourth-order valence-corrected chi connectivity index (χ4v) is 2.80. The van der Waals surface area contributed by atoms with Crippen molar-refractivity contribution in [2.45, 2.75) is 12.7 Å². The quantitative estimate of drug-likeness (QED) is 0.821. The van der Waals surface area contributed by atoms with Crippen molar-refractivity contribution in [3.8, 4) is 10.6 Å². The van der Waals surface area contributed by atoms with Crippen LogP contribution < -0.4 is 5.73 Å². The third-order valence-electron chi connectivity index (χ3n) is 2.32. The summed E-state index contributed by atoms with van der Waals surface area (Å²) in [6, 6.07) is 3.92. The summed E-state index contributed by atoms with van der Waals surface area (Å²) < 4.78 is 51.4. The van der Waals surface area contributed by atoms with Gasteiger partial charge in [-0.05, 0) is 34.1 Å². The van der Waals surface area contributed by atoms with Crippen LogP contribution in [0, 0.1) is 5.82 Å².